The van der Waals surface area contributed by atoms with E-state index in [1.54, 1.807) is 7.11 Å². The summed E-state index contributed by atoms with van der Waals surface area (Å²) in [7, 11) is 1.74. The van der Waals surface area contributed by atoms with E-state index in [2.05, 4.69) is 86.6 Å². The molecule has 3 aromatic rings. The Morgan fingerprint density at radius 2 is 1.09 bits per heavy atom. The van der Waals surface area contributed by atoms with E-state index in [9.17, 15) is 0 Å². The van der Waals surface area contributed by atoms with E-state index < -0.39 is 0 Å². The van der Waals surface area contributed by atoms with Crippen LogP contribution in [0.4, 0.5) is 0 Å². The van der Waals surface area contributed by atoms with Gasteiger partial charge < -0.3 is 4.74 Å². The summed E-state index contributed by atoms with van der Waals surface area (Å²) in [5.41, 5.74) is 6.28. The number of ether oxygens (including phenoxy) is 1. The Morgan fingerprint density at radius 1 is 0.652 bits per heavy atom. The maximum Gasteiger partial charge on any atom is 0.124 e. The van der Waals surface area contributed by atoms with Gasteiger partial charge in [0.25, 0.3) is 0 Å². The predicted octanol–water partition coefficient (Wildman–Crippen LogP) is 5.49. The average molecular weight is 302 g/mol. The fraction of sp³-hybridized carbons (Fsp3) is 0.182. The second kappa shape index (κ2) is 6.70. The molecule has 1 nitrogen and oxygen atoms in total. The molecule has 23 heavy (non-hydrogen) atoms. The first kappa shape index (κ1) is 15.4. The molecule has 0 aromatic heterocycles. The Hall–Kier alpha value is -2.54. The van der Waals surface area contributed by atoms with E-state index >= 15 is 0 Å². The number of aryl methyl sites for hydroxylation is 2. The van der Waals surface area contributed by atoms with Gasteiger partial charge >= 0.3 is 0 Å². The van der Waals surface area contributed by atoms with Crippen LogP contribution in [0.2, 0.25) is 0 Å². The van der Waals surface area contributed by atoms with E-state index in [0.717, 1.165) is 5.75 Å². The summed E-state index contributed by atoms with van der Waals surface area (Å²) in [5.74, 6) is 1.22. The lowest BCUT2D eigenvalue weighted by atomic mass is 9.84. The van der Waals surface area contributed by atoms with Crippen molar-refractivity contribution in [1.29, 1.82) is 0 Å². The normalized spacial score (nSPS) is 10.8. The maximum atomic E-state index is 5.52. The first-order chi connectivity index (χ1) is 11.2. The summed E-state index contributed by atoms with van der Waals surface area (Å²) >= 11 is 0. The van der Waals surface area contributed by atoms with Crippen molar-refractivity contribution in [2.45, 2.75) is 19.8 Å². The van der Waals surface area contributed by atoms with Gasteiger partial charge in [-0.05, 0) is 41.7 Å². The third-order valence-electron chi connectivity index (χ3n) is 4.29. The first-order valence-corrected chi connectivity index (χ1v) is 7.95. The zero-order valence-electron chi connectivity index (χ0n) is 13.9. The Kier molecular flexibility index (Phi) is 4.47. The van der Waals surface area contributed by atoms with Gasteiger partial charge in [-0.1, -0.05) is 72.8 Å². The van der Waals surface area contributed by atoms with Crippen LogP contribution >= 0.6 is 0 Å². The highest BCUT2D eigenvalue weighted by atomic mass is 16.5. The van der Waals surface area contributed by atoms with Crippen molar-refractivity contribution in [2.24, 2.45) is 0 Å². The third-order valence-corrected chi connectivity index (χ3v) is 4.29. The summed E-state index contributed by atoms with van der Waals surface area (Å²) in [5, 5.41) is 0. The van der Waals surface area contributed by atoms with E-state index in [1.807, 2.05) is 0 Å². The summed E-state index contributed by atoms with van der Waals surface area (Å²) in [6, 6.07) is 25.9. The molecule has 0 heterocycles. The summed E-state index contributed by atoms with van der Waals surface area (Å²) in [4.78, 5) is 0. The molecule has 0 amide bonds. The van der Waals surface area contributed by atoms with Crippen LogP contribution in [0, 0.1) is 13.8 Å². The van der Waals surface area contributed by atoms with Gasteiger partial charge in [-0.3, -0.25) is 0 Å². The molecule has 0 aliphatic heterocycles. The molecule has 0 saturated carbocycles. The molecule has 0 aliphatic carbocycles. The van der Waals surface area contributed by atoms with Gasteiger partial charge in [-0.2, -0.15) is 0 Å². The number of rotatable bonds is 4. The first-order valence-electron chi connectivity index (χ1n) is 7.95. The predicted molar refractivity (Wildman–Crippen MR) is 96.3 cm³/mol. The van der Waals surface area contributed by atoms with Crippen LogP contribution in [-0.4, -0.2) is 7.11 Å². The molecule has 0 N–H and O–H groups in total. The van der Waals surface area contributed by atoms with Gasteiger partial charge in [0, 0.05) is 5.92 Å². The molecule has 116 valence electrons. The van der Waals surface area contributed by atoms with Crippen LogP contribution < -0.4 is 4.74 Å². The molecule has 0 bridgehead atoms. The standard InChI is InChI=1S/C22H22O/c1-16-14-20(15-17(2)22(16)23-3)21(18-10-6-4-7-11-18)19-12-8-5-9-13-19/h4-15,21H,1-3H3. The van der Waals surface area contributed by atoms with Crippen LogP contribution in [0.5, 0.6) is 5.75 Å². The molecule has 0 atom stereocenters. The Labute approximate surface area is 138 Å². The van der Waals surface area contributed by atoms with E-state index in [1.165, 1.54) is 27.8 Å². The SMILES string of the molecule is COc1c(C)cc(C(c2ccccc2)c2ccccc2)cc1C. The quantitative estimate of drug-likeness (QED) is 0.579. The van der Waals surface area contributed by atoms with Gasteiger partial charge in [0.15, 0.2) is 0 Å². The average Bonchev–Trinajstić information content (AvgIpc) is 2.57. The Morgan fingerprint density at radius 3 is 1.48 bits per heavy atom. The molecule has 0 fully saturated rings. The molecular formula is C22H22O. The lowest BCUT2D eigenvalue weighted by molar-refractivity contribution is 0.408. The fourth-order valence-electron chi connectivity index (χ4n) is 3.34. The van der Waals surface area contributed by atoms with Crippen molar-refractivity contribution in [3.05, 3.63) is 101 Å². The minimum atomic E-state index is 0.237. The smallest absolute Gasteiger partial charge is 0.124 e. The van der Waals surface area contributed by atoms with E-state index in [-0.39, 0.29) is 5.92 Å². The van der Waals surface area contributed by atoms with Crippen molar-refractivity contribution >= 4 is 0 Å². The second-order valence-electron chi connectivity index (χ2n) is 5.94. The molecule has 1 heteroatoms. The second-order valence-corrected chi connectivity index (χ2v) is 5.94. The molecule has 0 radical (unpaired) electrons. The molecule has 0 aliphatic rings. The highest BCUT2D eigenvalue weighted by Gasteiger charge is 2.18. The number of benzene rings is 3. The van der Waals surface area contributed by atoms with Gasteiger partial charge in [0.05, 0.1) is 7.11 Å². The summed E-state index contributed by atoms with van der Waals surface area (Å²) in [6.07, 6.45) is 0. The number of hydrogen-bond donors (Lipinski definition) is 0. The highest BCUT2D eigenvalue weighted by Crippen LogP contribution is 2.35. The van der Waals surface area contributed by atoms with E-state index in [0.29, 0.717) is 0 Å². The highest BCUT2D eigenvalue weighted by molar-refractivity contribution is 5.50. The van der Waals surface area contributed by atoms with E-state index in [4.69, 9.17) is 4.74 Å². The lowest BCUT2D eigenvalue weighted by Gasteiger charge is -2.21. The molecule has 0 saturated heterocycles. The van der Waals surface area contributed by atoms with Crippen LogP contribution in [0.1, 0.15) is 33.7 Å². The van der Waals surface area contributed by atoms with Gasteiger partial charge in [0.2, 0.25) is 0 Å². The van der Waals surface area contributed by atoms with Crippen LogP contribution in [0.3, 0.4) is 0 Å². The van der Waals surface area contributed by atoms with Crippen LogP contribution in [-0.2, 0) is 0 Å². The number of methoxy groups -OCH3 is 1. The summed E-state index contributed by atoms with van der Waals surface area (Å²) in [6.45, 7) is 4.23. The van der Waals surface area contributed by atoms with Crippen molar-refractivity contribution in [3.8, 4) is 5.75 Å². The largest absolute Gasteiger partial charge is 0.496 e. The molecule has 3 rings (SSSR count). The topological polar surface area (TPSA) is 9.23 Å². The number of hydrogen-bond acceptors (Lipinski definition) is 1. The fourth-order valence-corrected chi connectivity index (χ4v) is 3.34. The van der Waals surface area contributed by atoms with Gasteiger partial charge in [0.1, 0.15) is 5.75 Å². The zero-order valence-corrected chi connectivity index (χ0v) is 13.9. The minimum Gasteiger partial charge on any atom is -0.496 e. The minimum absolute atomic E-state index is 0.237. The molecular weight excluding hydrogens is 280 g/mol. The molecule has 3 aromatic carbocycles. The maximum absolute atomic E-state index is 5.52. The van der Waals surface area contributed by atoms with Crippen LogP contribution in [0.25, 0.3) is 0 Å². The van der Waals surface area contributed by atoms with Crippen LogP contribution in [0.15, 0.2) is 72.8 Å². The lowest BCUT2D eigenvalue weighted by Crippen LogP contribution is -2.05. The zero-order chi connectivity index (χ0) is 16.2. The van der Waals surface area contributed by atoms with Gasteiger partial charge in [-0.15, -0.1) is 0 Å². The molecule has 0 spiro atoms. The summed E-state index contributed by atoms with van der Waals surface area (Å²) < 4.78 is 5.52. The van der Waals surface area contributed by atoms with Gasteiger partial charge in [-0.25, -0.2) is 0 Å². The Balaban J connectivity index is 2.17. The molecule has 0 unspecified atom stereocenters. The monoisotopic (exact) mass is 302 g/mol. The van der Waals surface area contributed by atoms with Crippen molar-refractivity contribution < 1.29 is 4.74 Å². The van der Waals surface area contributed by atoms with Crippen molar-refractivity contribution in [1.82, 2.24) is 0 Å². The third kappa shape index (κ3) is 3.14. The van der Waals surface area contributed by atoms with Crippen molar-refractivity contribution in [3.63, 3.8) is 0 Å². The Bertz CT molecular complexity index is 713. The van der Waals surface area contributed by atoms with Crippen molar-refractivity contribution in [2.75, 3.05) is 7.11 Å².